The van der Waals surface area contributed by atoms with Gasteiger partial charge in [-0.15, -0.1) is 0 Å². The van der Waals surface area contributed by atoms with Gasteiger partial charge in [-0.25, -0.2) is 8.78 Å². The zero-order valence-corrected chi connectivity index (χ0v) is 9.44. The second-order valence-corrected chi connectivity index (χ2v) is 4.56. The van der Waals surface area contributed by atoms with E-state index in [1.165, 1.54) is 27.7 Å². The van der Waals surface area contributed by atoms with Crippen molar-refractivity contribution < 1.29 is 27.5 Å². The molecule has 1 amide bonds. The van der Waals surface area contributed by atoms with E-state index in [1.54, 1.807) is 5.32 Å². The molecule has 0 rings (SSSR count). The van der Waals surface area contributed by atoms with Crippen LogP contribution in [0.5, 0.6) is 0 Å². The third kappa shape index (κ3) is 3.07. The maximum Gasteiger partial charge on any atom is 0.383 e. The molecule has 0 aliphatic rings. The number of carbonyl (C=O) groups is 1. The molecule has 7 heteroatoms. The molecule has 96 valence electrons. The summed E-state index contributed by atoms with van der Waals surface area (Å²) in [5.74, 6) is -6.86. The fraction of sp³-hybridized carbons (Fsp3) is 0.889. The Labute approximate surface area is 90.8 Å². The molecule has 0 unspecified atom stereocenters. The van der Waals surface area contributed by atoms with Gasteiger partial charge in [0, 0.05) is 0 Å². The van der Waals surface area contributed by atoms with Gasteiger partial charge in [0.25, 0.3) is 5.91 Å². The summed E-state index contributed by atoms with van der Waals surface area (Å²) in [6, 6.07) is 0. The first-order chi connectivity index (χ1) is 6.82. The molecule has 0 spiro atoms. The van der Waals surface area contributed by atoms with E-state index in [0.717, 1.165) is 0 Å². The van der Waals surface area contributed by atoms with E-state index < -0.39 is 29.4 Å². The molecule has 0 heterocycles. The highest BCUT2D eigenvalue weighted by Crippen LogP contribution is 2.26. The lowest BCUT2D eigenvalue weighted by molar-refractivity contribution is -0.173. The van der Waals surface area contributed by atoms with E-state index in [-0.39, 0.29) is 0 Å². The average molecular weight is 245 g/mol. The maximum atomic E-state index is 12.6. The Morgan fingerprint density at radius 1 is 1.19 bits per heavy atom. The number of amides is 1. The van der Waals surface area contributed by atoms with E-state index in [1.807, 2.05) is 0 Å². The van der Waals surface area contributed by atoms with Crippen molar-refractivity contribution in [3.8, 4) is 0 Å². The lowest BCUT2D eigenvalue weighted by Crippen LogP contribution is -2.61. The highest BCUT2D eigenvalue weighted by Gasteiger charge is 2.51. The highest BCUT2D eigenvalue weighted by molar-refractivity contribution is 5.84. The largest absolute Gasteiger partial charge is 0.388 e. The van der Waals surface area contributed by atoms with Crippen molar-refractivity contribution in [2.24, 2.45) is 0 Å². The molecule has 0 aromatic carbocycles. The van der Waals surface area contributed by atoms with Gasteiger partial charge < -0.3 is 10.4 Å². The molecular formula is C9H15F4NO2. The molecule has 0 aromatic heterocycles. The fourth-order valence-corrected chi connectivity index (χ4v) is 0.619. The van der Waals surface area contributed by atoms with Crippen molar-refractivity contribution in [3.63, 3.8) is 0 Å². The molecule has 0 aliphatic carbocycles. The number of alkyl halides is 4. The summed E-state index contributed by atoms with van der Waals surface area (Å²) in [4.78, 5) is 10.9. The van der Waals surface area contributed by atoms with E-state index in [2.05, 4.69) is 0 Å². The Bertz CT molecular complexity index is 271. The van der Waals surface area contributed by atoms with E-state index >= 15 is 0 Å². The number of nitrogens with one attached hydrogen (secondary N) is 1. The van der Waals surface area contributed by atoms with Crippen molar-refractivity contribution in [2.75, 3.05) is 0 Å². The van der Waals surface area contributed by atoms with Crippen molar-refractivity contribution in [2.45, 2.75) is 51.2 Å². The third-order valence-corrected chi connectivity index (χ3v) is 2.53. The molecule has 3 nitrogen and oxygen atoms in total. The Balaban J connectivity index is 4.83. The van der Waals surface area contributed by atoms with Crippen LogP contribution in [0.4, 0.5) is 17.6 Å². The molecular weight excluding hydrogens is 230 g/mol. The van der Waals surface area contributed by atoms with Crippen LogP contribution in [0.15, 0.2) is 0 Å². The summed E-state index contributed by atoms with van der Waals surface area (Å²) in [7, 11) is 0. The number of hydrogen-bond acceptors (Lipinski definition) is 2. The SMILES string of the molecule is CC(C)(O)C(C)(C)NC(=O)C(F)(F)C(F)F. The van der Waals surface area contributed by atoms with Crippen LogP contribution in [-0.4, -0.2) is 34.5 Å². The predicted octanol–water partition coefficient (Wildman–Crippen LogP) is 1.55. The van der Waals surface area contributed by atoms with Gasteiger partial charge in [0.15, 0.2) is 0 Å². The second kappa shape index (κ2) is 4.20. The fourth-order valence-electron chi connectivity index (χ4n) is 0.619. The zero-order chi connectivity index (χ0) is 13.4. The van der Waals surface area contributed by atoms with Crippen molar-refractivity contribution in [3.05, 3.63) is 0 Å². The standard InChI is InChI=1S/C9H15F4NO2/c1-7(2,8(3,4)16)14-6(15)9(12,13)5(10)11/h5,16H,1-4H3,(H,14,15). The molecule has 0 radical (unpaired) electrons. The van der Waals surface area contributed by atoms with Crippen molar-refractivity contribution >= 4 is 5.91 Å². The number of carbonyl (C=O) groups excluding carboxylic acids is 1. The van der Waals surface area contributed by atoms with Crippen LogP contribution in [0.25, 0.3) is 0 Å². The van der Waals surface area contributed by atoms with E-state index in [9.17, 15) is 27.5 Å². The van der Waals surface area contributed by atoms with Gasteiger partial charge >= 0.3 is 12.3 Å². The monoisotopic (exact) mass is 245 g/mol. The minimum absolute atomic E-state index is 1.26. The van der Waals surface area contributed by atoms with Gasteiger partial charge in [-0.05, 0) is 27.7 Å². The van der Waals surface area contributed by atoms with Gasteiger partial charge in [0.05, 0.1) is 11.1 Å². The molecule has 0 atom stereocenters. The van der Waals surface area contributed by atoms with Crippen LogP contribution in [-0.2, 0) is 4.79 Å². The predicted molar refractivity (Wildman–Crippen MR) is 49.5 cm³/mol. The third-order valence-electron chi connectivity index (χ3n) is 2.53. The first-order valence-electron chi connectivity index (χ1n) is 4.53. The van der Waals surface area contributed by atoms with Gasteiger partial charge in [0.2, 0.25) is 0 Å². The number of hydrogen-bond donors (Lipinski definition) is 2. The Hall–Kier alpha value is -0.850. The lowest BCUT2D eigenvalue weighted by Gasteiger charge is -2.38. The summed E-state index contributed by atoms with van der Waals surface area (Å²) < 4.78 is 49.0. The molecule has 2 N–H and O–H groups in total. The number of aliphatic hydroxyl groups is 1. The van der Waals surface area contributed by atoms with Crippen LogP contribution in [0.3, 0.4) is 0 Å². The summed E-state index contributed by atoms with van der Waals surface area (Å²) in [5, 5.41) is 11.3. The van der Waals surface area contributed by atoms with Crippen molar-refractivity contribution in [1.29, 1.82) is 0 Å². The Morgan fingerprint density at radius 2 is 1.56 bits per heavy atom. The van der Waals surface area contributed by atoms with E-state index in [0.29, 0.717) is 0 Å². The number of rotatable bonds is 4. The van der Waals surface area contributed by atoms with Crippen molar-refractivity contribution in [1.82, 2.24) is 5.32 Å². The molecule has 0 aliphatic heterocycles. The Kier molecular flexibility index (Phi) is 3.97. The van der Waals surface area contributed by atoms with Crippen LogP contribution >= 0.6 is 0 Å². The quantitative estimate of drug-likeness (QED) is 0.738. The number of halogens is 4. The van der Waals surface area contributed by atoms with Gasteiger partial charge in [-0.3, -0.25) is 4.79 Å². The van der Waals surface area contributed by atoms with Gasteiger partial charge in [0.1, 0.15) is 0 Å². The second-order valence-electron chi connectivity index (χ2n) is 4.56. The molecule has 0 saturated heterocycles. The van der Waals surface area contributed by atoms with Crippen LogP contribution < -0.4 is 5.32 Å². The first-order valence-corrected chi connectivity index (χ1v) is 4.53. The van der Waals surface area contributed by atoms with Gasteiger partial charge in [-0.2, -0.15) is 8.78 Å². The highest BCUT2D eigenvalue weighted by atomic mass is 19.3. The minimum Gasteiger partial charge on any atom is -0.388 e. The summed E-state index contributed by atoms with van der Waals surface area (Å²) in [6.07, 6.45) is -4.08. The first kappa shape index (κ1) is 15.2. The smallest absolute Gasteiger partial charge is 0.383 e. The maximum absolute atomic E-state index is 12.6. The van der Waals surface area contributed by atoms with Crippen LogP contribution in [0.2, 0.25) is 0 Å². The van der Waals surface area contributed by atoms with Crippen LogP contribution in [0, 0.1) is 0 Å². The van der Waals surface area contributed by atoms with Gasteiger partial charge in [-0.1, -0.05) is 0 Å². The Morgan fingerprint density at radius 3 is 1.81 bits per heavy atom. The zero-order valence-electron chi connectivity index (χ0n) is 9.44. The normalized spacial score (nSPS) is 14.1. The topological polar surface area (TPSA) is 49.3 Å². The molecule has 0 fully saturated rings. The summed E-state index contributed by atoms with van der Waals surface area (Å²) >= 11 is 0. The summed E-state index contributed by atoms with van der Waals surface area (Å²) in [6.45, 7) is 5.06. The minimum atomic E-state index is -4.76. The molecule has 0 bridgehead atoms. The molecule has 0 aromatic rings. The molecule has 0 saturated carbocycles. The summed E-state index contributed by atoms with van der Waals surface area (Å²) in [5.41, 5.74) is -2.98. The lowest BCUT2D eigenvalue weighted by atomic mass is 9.86. The average Bonchev–Trinajstić information content (AvgIpc) is 2.00. The van der Waals surface area contributed by atoms with Crippen LogP contribution in [0.1, 0.15) is 27.7 Å². The molecule has 16 heavy (non-hydrogen) atoms. The van der Waals surface area contributed by atoms with E-state index in [4.69, 9.17) is 0 Å².